The number of nitrogens with zero attached hydrogens (tertiary/aromatic N) is 2. The third-order valence-corrected chi connectivity index (χ3v) is 10.2. The molecular weight excluding hydrogens is 544 g/mol. The van der Waals surface area contributed by atoms with E-state index in [-0.39, 0.29) is 5.41 Å². The Morgan fingerprint density at radius 2 is 1.13 bits per heavy atom. The molecule has 0 bridgehead atoms. The maximum Gasteiger partial charge on any atom is 0.161 e. The molecule has 0 saturated heterocycles. The van der Waals surface area contributed by atoms with Gasteiger partial charge in [0.05, 0.1) is 11.2 Å². The van der Waals surface area contributed by atoms with Gasteiger partial charge in [0.2, 0.25) is 0 Å². The Morgan fingerprint density at radius 3 is 2.04 bits per heavy atom. The van der Waals surface area contributed by atoms with Crippen LogP contribution < -0.4 is 0 Å². The fraction of sp³-hybridized carbons (Fsp3) is 0.0698. The molecule has 2 nitrogen and oxygen atoms in total. The molecular formula is C43H28N2. The van der Waals surface area contributed by atoms with Crippen molar-refractivity contribution >= 4 is 54.0 Å². The minimum atomic E-state index is -0.0930. The van der Waals surface area contributed by atoms with Crippen molar-refractivity contribution in [2.75, 3.05) is 0 Å². The summed E-state index contributed by atoms with van der Waals surface area (Å²) < 4.78 is 0. The molecule has 0 atom stereocenters. The lowest BCUT2D eigenvalue weighted by molar-refractivity contribution is 0.660. The van der Waals surface area contributed by atoms with Gasteiger partial charge in [0.25, 0.3) is 0 Å². The minimum absolute atomic E-state index is 0.0930. The molecule has 0 N–H and O–H groups in total. The van der Waals surface area contributed by atoms with E-state index < -0.39 is 0 Å². The molecule has 0 fully saturated rings. The van der Waals surface area contributed by atoms with Crippen LogP contribution in [0.15, 0.2) is 133 Å². The van der Waals surface area contributed by atoms with E-state index in [0.29, 0.717) is 0 Å². The zero-order valence-electron chi connectivity index (χ0n) is 25.1. The zero-order valence-corrected chi connectivity index (χ0v) is 25.1. The highest BCUT2D eigenvalue weighted by molar-refractivity contribution is 6.26. The van der Waals surface area contributed by atoms with Gasteiger partial charge in [0.1, 0.15) is 0 Å². The van der Waals surface area contributed by atoms with Crippen LogP contribution >= 0.6 is 0 Å². The van der Waals surface area contributed by atoms with Gasteiger partial charge in [0, 0.05) is 27.3 Å². The van der Waals surface area contributed by atoms with Crippen LogP contribution in [0, 0.1) is 0 Å². The minimum Gasteiger partial charge on any atom is -0.227 e. The second kappa shape index (κ2) is 8.74. The average molecular weight is 573 g/mol. The monoisotopic (exact) mass is 572 g/mol. The number of aromatic nitrogens is 2. The molecule has 0 spiro atoms. The van der Waals surface area contributed by atoms with Crippen molar-refractivity contribution in [3.05, 3.63) is 145 Å². The topological polar surface area (TPSA) is 25.8 Å². The van der Waals surface area contributed by atoms with Crippen molar-refractivity contribution in [3.8, 4) is 33.8 Å². The number of fused-ring (bicyclic) bond motifs is 6. The van der Waals surface area contributed by atoms with Gasteiger partial charge in [-0.25, -0.2) is 9.97 Å². The smallest absolute Gasteiger partial charge is 0.161 e. The summed E-state index contributed by atoms with van der Waals surface area (Å²) in [5.74, 6) is 0.760. The third kappa shape index (κ3) is 3.34. The van der Waals surface area contributed by atoms with Gasteiger partial charge in [-0.15, -0.1) is 0 Å². The van der Waals surface area contributed by atoms with Crippen LogP contribution in [0.2, 0.25) is 0 Å². The number of hydrogen-bond donors (Lipinski definition) is 0. The van der Waals surface area contributed by atoms with Crippen molar-refractivity contribution < 1.29 is 0 Å². The predicted molar refractivity (Wildman–Crippen MR) is 189 cm³/mol. The van der Waals surface area contributed by atoms with E-state index in [2.05, 4.69) is 147 Å². The van der Waals surface area contributed by atoms with E-state index in [1.54, 1.807) is 0 Å². The molecule has 9 aromatic rings. The van der Waals surface area contributed by atoms with E-state index in [0.717, 1.165) is 38.9 Å². The van der Waals surface area contributed by atoms with E-state index in [4.69, 9.17) is 9.97 Å². The molecule has 1 aliphatic carbocycles. The second-order valence-electron chi connectivity index (χ2n) is 13.0. The molecule has 0 saturated carbocycles. The summed E-state index contributed by atoms with van der Waals surface area (Å²) >= 11 is 0. The maximum absolute atomic E-state index is 5.47. The Balaban J connectivity index is 1.31. The van der Waals surface area contributed by atoms with E-state index in [1.165, 1.54) is 60.0 Å². The Morgan fingerprint density at radius 1 is 0.444 bits per heavy atom. The highest BCUT2D eigenvalue weighted by Crippen LogP contribution is 2.50. The summed E-state index contributed by atoms with van der Waals surface area (Å²) in [5, 5.41) is 10.9. The standard InChI is InChI=1S/C43H28N2/c1-43(2)36-16-6-5-14-31(36)32-21-20-29(24-37(32)43)40-34-22-19-25-9-3-4-13-30(25)41(34)45-42(44-40)35-23-28-12-7-10-26-17-18-27-11-8-15-33(35)39(27)38(26)28/h3-24H,1-2H3. The Hall–Kier alpha value is -5.60. The van der Waals surface area contributed by atoms with Crippen LogP contribution in [0.4, 0.5) is 0 Å². The molecule has 2 heteroatoms. The lowest BCUT2D eigenvalue weighted by atomic mass is 9.81. The molecule has 8 aromatic carbocycles. The largest absolute Gasteiger partial charge is 0.227 e. The van der Waals surface area contributed by atoms with Gasteiger partial charge in [-0.2, -0.15) is 0 Å². The summed E-state index contributed by atoms with van der Waals surface area (Å²) in [7, 11) is 0. The van der Waals surface area contributed by atoms with Crippen molar-refractivity contribution in [3.63, 3.8) is 0 Å². The Labute approximate surface area is 261 Å². The van der Waals surface area contributed by atoms with Crippen LogP contribution in [-0.4, -0.2) is 9.97 Å². The summed E-state index contributed by atoms with van der Waals surface area (Å²) in [6.45, 7) is 4.67. The fourth-order valence-corrected chi connectivity index (χ4v) is 8.00. The van der Waals surface area contributed by atoms with Crippen LogP contribution in [0.3, 0.4) is 0 Å². The zero-order chi connectivity index (χ0) is 29.9. The number of benzene rings is 8. The predicted octanol–water partition coefficient (Wildman–Crippen LogP) is 11.3. The highest BCUT2D eigenvalue weighted by atomic mass is 14.9. The van der Waals surface area contributed by atoms with Gasteiger partial charge in [0.15, 0.2) is 5.82 Å². The van der Waals surface area contributed by atoms with Gasteiger partial charge < -0.3 is 0 Å². The van der Waals surface area contributed by atoms with Gasteiger partial charge in [-0.3, -0.25) is 0 Å². The first-order valence-corrected chi connectivity index (χ1v) is 15.7. The SMILES string of the molecule is CC1(C)c2ccccc2-c2ccc(-c3nc(-c4cc5cccc6ccc7cccc4c7c65)nc4c3ccc3ccccc34)cc21. The summed E-state index contributed by atoms with van der Waals surface area (Å²) in [6, 6.07) is 48.6. The van der Waals surface area contributed by atoms with Crippen LogP contribution in [0.5, 0.6) is 0 Å². The average Bonchev–Trinajstić information content (AvgIpc) is 3.32. The van der Waals surface area contributed by atoms with Gasteiger partial charge >= 0.3 is 0 Å². The highest BCUT2D eigenvalue weighted by Gasteiger charge is 2.35. The van der Waals surface area contributed by atoms with E-state index in [1.807, 2.05) is 0 Å². The van der Waals surface area contributed by atoms with Crippen molar-refractivity contribution in [2.45, 2.75) is 19.3 Å². The summed E-state index contributed by atoms with van der Waals surface area (Å²) in [4.78, 5) is 10.9. The summed E-state index contributed by atoms with van der Waals surface area (Å²) in [6.07, 6.45) is 0. The third-order valence-electron chi connectivity index (χ3n) is 10.2. The van der Waals surface area contributed by atoms with Gasteiger partial charge in [-0.1, -0.05) is 129 Å². The second-order valence-corrected chi connectivity index (χ2v) is 13.0. The lowest BCUT2D eigenvalue weighted by Gasteiger charge is -2.22. The molecule has 0 radical (unpaired) electrons. The number of rotatable bonds is 2. The molecule has 1 heterocycles. The van der Waals surface area contributed by atoms with Crippen molar-refractivity contribution in [1.82, 2.24) is 9.97 Å². The quantitative estimate of drug-likeness (QED) is 0.193. The van der Waals surface area contributed by atoms with E-state index in [9.17, 15) is 0 Å². The molecule has 210 valence electrons. The number of hydrogen-bond acceptors (Lipinski definition) is 2. The lowest BCUT2D eigenvalue weighted by Crippen LogP contribution is -2.15. The molecule has 1 aromatic heterocycles. The molecule has 45 heavy (non-hydrogen) atoms. The fourth-order valence-electron chi connectivity index (χ4n) is 8.00. The normalized spacial score (nSPS) is 13.7. The Kier molecular flexibility index (Phi) is 4.82. The molecule has 10 rings (SSSR count). The molecule has 0 amide bonds. The first kappa shape index (κ1) is 24.8. The first-order chi connectivity index (χ1) is 22.1. The molecule has 0 unspecified atom stereocenters. The first-order valence-electron chi connectivity index (χ1n) is 15.7. The van der Waals surface area contributed by atoms with Crippen molar-refractivity contribution in [2.24, 2.45) is 0 Å². The van der Waals surface area contributed by atoms with Crippen LogP contribution in [0.1, 0.15) is 25.0 Å². The summed E-state index contributed by atoms with van der Waals surface area (Å²) in [5.41, 5.74) is 9.42. The van der Waals surface area contributed by atoms with Gasteiger partial charge in [-0.05, 0) is 78.2 Å². The van der Waals surface area contributed by atoms with Crippen molar-refractivity contribution in [1.29, 1.82) is 0 Å². The molecule has 1 aliphatic rings. The Bertz CT molecular complexity index is 2680. The molecule has 0 aliphatic heterocycles. The maximum atomic E-state index is 5.47. The van der Waals surface area contributed by atoms with E-state index >= 15 is 0 Å². The van der Waals surface area contributed by atoms with Crippen LogP contribution in [0.25, 0.3) is 87.8 Å². The van der Waals surface area contributed by atoms with Crippen LogP contribution in [-0.2, 0) is 5.41 Å².